The van der Waals surface area contributed by atoms with Gasteiger partial charge in [0.05, 0.1) is 6.04 Å². The average Bonchev–Trinajstić information content (AvgIpc) is 2.97. The Morgan fingerprint density at radius 2 is 2.05 bits per heavy atom. The van der Waals surface area contributed by atoms with Crippen LogP contribution in [0.3, 0.4) is 0 Å². The lowest BCUT2D eigenvalue weighted by Crippen LogP contribution is -2.32. The number of benzene rings is 1. The van der Waals surface area contributed by atoms with E-state index in [1.165, 1.54) is 0 Å². The van der Waals surface area contributed by atoms with Gasteiger partial charge in [0, 0.05) is 5.92 Å². The van der Waals surface area contributed by atoms with E-state index in [4.69, 9.17) is 9.47 Å². The number of carbonyl (C=O) groups is 1. The first-order valence-corrected chi connectivity index (χ1v) is 7.85. The molecule has 2 atom stereocenters. The van der Waals surface area contributed by atoms with Crippen LogP contribution in [0.5, 0.6) is 11.5 Å². The summed E-state index contributed by atoms with van der Waals surface area (Å²) in [6, 6.07) is 5.90. The van der Waals surface area contributed by atoms with Crippen molar-refractivity contribution in [2.75, 3.05) is 6.79 Å². The molecule has 1 aromatic carbocycles. The highest BCUT2D eigenvalue weighted by molar-refractivity contribution is 5.78. The fourth-order valence-corrected chi connectivity index (χ4v) is 2.51. The van der Waals surface area contributed by atoms with Crippen molar-refractivity contribution in [1.82, 2.24) is 5.32 Å². The number of amides is 1. The van der Waals surface area contributed by atoms with E-state index in [-0.39, 0.29) is 24.7 Å². The Morgan fingerprint density at radius 3 is 2.76 bits per heavy atom. The maximum absolute atomic E-state index is 12.3. The Labute approximate surface area is 126 Å². The lowest BCUT2D eigenvalue weighted by atomic mass is 10.00. The summed E-state index contributed by atoms with van der Waals surface area (Å²) in [5.74, 6) is 1.73. The van der Waals surface area contributed by atoms with Crippen molar-refractivity contribution in [3.63, 3.8) is 0 Å². The van der Waals surface area contributed by atoms with E-state index in [9.17, 15) is 4.79 Å². The Kier molecular flexibility index (Phi) is 5.48. The van der Waals surface area contributed by atoms with E-state index in [2.05, 4.69) is 19.2 Å². The van der Waals surface area contributed by atoms with Gasteiger partial charge in [-0.25, -0.2) is 0 Å². The van der Waals surface area contributed by atoms with Gasteiger partial charge in [-0.2, -0.15) is 0 Å². The predicted octanol–water partition coefficient (Wildman–Crippen LogP) is 3.81. The molecule has 1 N–H and O–H groups in total. The molecule has 0 unspecified atom stereocenters. The molecular weight excluding hydrogens is 266 g/mol. The van der Waals surface area contributed by atoms with Crippen molar-refractivity contribution in [2.24, 2.45) is 5.92 Å². The molecule has 0 aromatic heterocycles. The molecule has 0 radical (unpaired) electrons. The van der Waals surface area contributed by atoms with Crippen LogP contribution >= 0.6 is 0 Å². The van der Waals surface area contributed by atoms with Crippen LogP contribution in [0, 0.1) is 5.92 Å². The number of ether oxygens (including phenoxy) is 2. The topological polar surface area (TPSA) is 47.6 Å². The van der Waals surface area contributed by atoms with Crippen LogP contribution in [0.2, 0.25) is 0 Å². The SMILES string of the molecule is CCCC[C@H](C)C(=O)N[C@@H](CC)c1ccc2c(c1)OCO2. The van der Waals surface area contributed by atoms with Crippen LogP contribution in [0.4, 0.5) is 0 Å². The molecule has 1 aliphatic heterocycles. The van der Waals surface area contributed by atoms with Crippen LogP contribution in [0.15, 0.2) is 18.2 Å². The third-order valence-electron chi connectivity index (χ3n) is 3.96. The van der Waals surface area contributed by atoms with Gasteiger partial charge in [0.25, 0.3) is 0 Å². The second-order valence-corrected chi connectivity index (χ2v) is 5.63. The molecule has 0 spiro atoms. The Morgan fingerprint density at radius 1 is 1.29 bits per heavy atom. The van der Waals surface area contributed by atoms with Gasteiger partial charge in [-0.1, -0.05) is 39.7 Å². The van der Waals surface area contributed by atoms with Crippen LogP contribution in [-0.4, -0.2) is 12.7 Å². The highest BCUT2D eigenvalue weighted by Gasteiger charge is 2.20. The number of nitrogens with one attached hydrogen (secondary N) is 1. The Balaban J connectivity index is 2.01. The molecule has 4 heteroatoms. The molecule has 0 saturated carbocycles. The standard InChI is InChI=1S/C17H25NO3/c1-4-6-7-12(3)17(19)18-14(5-2)13-8-9-15-16(10-13)21-11-20-15/h8-10,12,14H,4-7,11H2,1-3H3,(H,18,19)/t12-,14-/m0/s1. The highest BCUT2D eigenvalue weighted by Crippen LogP contribution is 2.34. The minimum absolute atomic E-state index is 0.0241. The number of rotatable bonds is 7. The summed E-state index contributed by atoms with van der Waals surface area (Å²) in [4.78, 5) is 12.3. The Hall–Kier alpha value is -1.71. The smallest absolute Gasteiger partial charge is 0.231 e. The zero-order valence-corrected chi connectivity index (χ0v) is 13.1. The van der Waals surface area contributed by atoms with Gasteiger partial charge in [0.1, 0.15) is 0 Å². The lowest BCUT2D eigenvalue weighted by Gasteiger charge is -2.20. The number of carbonyl (C=O) groups excluding carboxylic acids is 1. The van der Waals surface area contributed by atoms with Crippen LogP contribution in [0.25, 0.3) is 0 Å². The van der Waals surface area contributed by atoms with E-state index in [0.29, 0.717) is 0 Å². The van der Waals surface area contributed by atoms with E-state index < -0.39 is 0 Å². The third kappa shape index (κ3) is 3.90. The van der Waals surface area contributed by atoms with Gasteiger partial charge in [-0.3, -0.25) is 4.79 Å². The number of hydrogen-bond donors (Lipinski definition) is 1. The van der Waals surface area contributed by atoms with Crippen LogP contribution in [-0.2, 0) is 4.79 Å². The fraction of sp³-hybridized carbons (Fsp3) is 0.588. The zero-order chi connectivity index (χ0) is 15.2. The van der Waals surface area contributed by atoms with Crippen LogP contribution in [0.1, 0.15) is 58.1 Å². The lowest BCUT2D eigenvalue weighted by molar-refractivity contribution is -0.125. The summed E-state index contributed by atoms with van der Waals surface area (Å²) in [6.07, 6.45) is 4.01. The Bertz CT molecular complexity index is 487. The van der Waals surface area contributed by atoms with E-state index in [1.54, 1.807) is 0 Å². The molecule has 1 amide bonds. The average molecular weight is 291 g/mol. The summed E-state index contributed by atoms with van der Waals surface area (Å²) in [5.41, 5.74) is 1.07. The van der Waals surface area contributed by atoms with E-state index in [0.717, 1.165) is 42.7 Å². The number of hydrogen-bond acceptors (Lipinski definition) is 3. The molecule has 4 nitrogen and oxygen atoms in total. The van der Waals surface area contributed by atoms with Crippen molar-refractivity contribution >= 4 is 5.91 Å². The fourth-order valence-electron chi connectivity index (χ4n) is 2.51. The minimum Gasteiger partial charge on any atom is -0.454 e. The van der Waals surface area contributed by atoms with Crippen molar-refractivity contribution in [3.05, 3.63) is 23.8 Å². The molecule has 1 heterocycles. The van der Waals surface area contributed by atoms with Gasteiger partial charge in [-0.15, -0.1) is 0 Å². The van der Waals surface area contributed by atoms with Crippen LogP contribution < -0.4 is 14.8 Å². The molecule has 1 aliphatic rings. The largest absolute Gasteiger partial charge is 0.454 e. The van der Waals surface area contributed by atoms with Gasteiger partial charge < -0.3 is 14.8 Å². The maximum atomic E-state index is 12.3. The molecule has 2 rings (SSSR count). The quantitative estimate of drug-likeness (QED) is 0.831. The first-order valence-electron chi connectivity index (χ1n) is 7.85. The second-order valence-electron chi connectivity index (χ2n) is 5.63. The normalized spacial score (nSPS) is 15.6. The summed E-state index contributed by atoms with van der Waals surface area (Å²) < 4.78 is 10.7. The molecule has 0 saturated heterocycles. The molecule has 0 fully saturated rings. The summed E-state index contributed by atoms with van der Waals surface area (Å²) in [7, 11) is 0. The monoisotopic (exact) mass is 291 g/mol. The summed E-state index contributed by atoms with van der Waals surface area (Å²) in [6.45, 7) is 6.49. The van der Waals surface area contributed by atoms with Gasteiger partial charge in [0.15, 0.2) is 11.5 Å². The molecule has 1 aromatic rings. The predicted molar refractivity (Wildman–Crippen MR) is 82.4 cm³/mol. The van der Waals surface area contributed by atoms with E-state index >= 15 is 0 Å². The molecule has 116 valence electrons. The maximum Gasteiger partial charge on any atom is 0.231 e. The molecular formula is C17H25NO3. The summed E-state index contributed by atoms with van der Waals surface area (Å²) >= 11 is 0. The highest BCUT2D eigenvalue weighted by atomic mass is 16.7. The second kappa shape index (κ2) is 7.34. The zero-order valence-electron chi connectivity index (χ0n) is 13.1. The first kappa shape index (κ1) is 15.7. The van der Waals surface area contributed by atoms with Crippen molar-refractivity contribution in [2.45, 2.75) is 52.5 Å². The van der Waals surface area contributed by atoms with Crippen molar-refractivity contribution in [1.29, 1.82) is 0 Å². The number of unbranched alkanes of at least 4 members (excludes halogenated alkanes) is 1. The van der Waals surface area contributed by atoms with Crippen molar-refractivity contribution in [3.8, 4) is 11.5 Å². The molecule has 0 aliphatic carbocycles. The van der Waals surface area contributed by atoms with Gasteiger partial charge >= 0.3 is 0 Å². The molecule has 0 bridgehead atoms. The molecule has 21 heavy (non-hydrogen) atoms. The van der Waals surface area contributed by atoms with Gasteiger partial charge in [-0.05, 0) is 30.5 Å². The summed E-state index contributed by atoms with van der Waals surface area (Å²) in [5, 5.41) is 3.15. The number of fused-ring (bicyclic) bond motifs is 1. The first-order chi connectivity index (χ1) is 10.2. The van der Waals surface area contributed by atoms with Crippen molar-refractivity contribution < 1.29 is 14.3 Å². The third-order valence-corrected chi connectivity index (χ3v) is 3.96. The van der Waals surface area contributed by atoms with E-state index in [1.807, 2.05) is 25.1 Å². The van der Waals surface area contributed by atoms with Gasteiger partial charge in [0.2, 0.25) is 12.7 Å². The minimum atomic E-state index is 0.0241.